The second kappa shape index (κ2) is 9.97. The van der Waals surface area contributed by atoms with Gasteiger partial charge in [0, 0.05) is 13.1 Å². The van der Waals surface area contributed by atoms with E-state index in [2.05, 4.69) is 74.4 Å². The lowest BCUT2D eigenvalue weighted by Crippen LogP contribution is -2.38. The van der Waals surface area contributed by atoms with E-state index >= 15 is 0 Å². The summed E-state index contributed by atoms with van der Waals surface area (Å²) in [5.74, 6) is 1.12. The molecule has 0 saturated carbocycles. The van der Waals surface area contributed by atoms with Crippen LogP contribution in [0.25, 0.3) is 5.69 Å². The number of ether oxygens (including phenoxy) is 1. The molecule has 2 heterocycles. The van der Waals surface area contributed by atoms with Gasteiger partial charge in [0.05, 0.1) is 30.7 Å². The van der Waals surface area contributed by atoms with E-state index < -0.39 is 0 Å². The standard InChI is InChI=1S/C25H29N5O2S/c1-18-6-4-9-20(16-18)30-24(29-12-14-32-15-13-29)27-28-25(30)33-17-23(31)26-22-11-5-8-19-7-2-3-10-21(19)22/h2-4,6-7,9-10,16,22H,5,8,11-15,17H2,1H3,(H,26,31)/t22-/m1/s1. The summed E-state index contributed by atoms with van der Waals surface area (Å²) in [6.45, 7) is 4.97. The maximum atomic E-state index is 12.9. The number of aromatic nitrogens is 3. The molecule has 3 aromatic rings. The number of rotatable bonds is 6. The van der Waals surface area contributed by atoms with Crippen molar-refractivity contribution in [1.29, 1.82) is 0 Å². The highest BCUT2D eigenvalue weighted by Crippen LogP contribution is 2.30. The Morgan fingerprint density at radius 3 is 2.85 bits per heavy atom. The molecule has 1 atom stereocenters. The number of amides is 1. The minimum Gasteiger partial charge on any atom is -0.378 e. The fraction of sp³-hybridized carbons (Fsp3) is 0.400. The summed E-state index contributed by atoms with van der Waals surface area (Å²) < 4.78 is 7.57. The molecule has 0 radical (unpaired) electrons. The number of carbonyl (C=O) groups excluding carboxylic acids is 1. The van der Waals surface area contributed by atoms with Crippen LogP contribution in [0.1, 0.15) is 35.6 Å². The van der Waals surface area contributed by atoms with Gasteiger partial charge in [-0.2, -0.15) is 0 Å². The van der Waals surface area contributed by atoms with Gasteiger partial charge in [-0.1, -0.05) is 48.2 Å². The smallest absolute Gasteiger partial charge is 0.232 e. The molecule has 7 nitrogen and oxygen atoms in total. The van der Waals surface area contributed by atoms with Crippen LogP contribution in [0.15, 0.2) is 53.7 Å². The van der Waals surface area contributed by atoms with Gasteiger partial charge in [0.1, 0.15) is 0 Å². The molecule has 8 heteroatoms. The quantitative estimate of drug-likeness (QED) is 0.562. The summed E-state index contributed by atoms with van der Waals surface area (Å²) in [7, 11) is 0. The van der Waals surface area contributed by atoms with E-state index in [0.717, 1.165) is 49.1 Å². The number of morpholine rings is 1. The first-order valence-corrected chi connectivity index (χ1v) is 12.5. The molecule has 1 aliphatic carbocycles. The first-order chi connectivity index (χ1) is 16.2. The zero-order chi connectivity index (χ0) is 22.6. The molecular formula is C25H29N5O2S. The fourth-order valence-electron chi connectivity index (χ4n) is 4.59. The third-order valence-corrected chi connectivity index (χ3v) is 7.14. The maximum absolute atomic E-state index is 12.9. The number of benzene rings is 2. The Kier molecular flexibility index (Phi) is 6.64. The van der Waals surface area contributed by atoms with Crippen molar-refractivity contribution < 1.29 is 9.53 Å². The molecule has 1 fully saturated rings. The fourth-order valence-corrected chi connectivity index (χ4v) is 5.35. The van der Waals surface area contributed by atoms with Crippen LogP contribution < -0.4 is 10.2 Å². The van der Waals surface area contributed by atoms with Gasteiger partial charge in [-0.25, -0.2) is 0 Å². The number of fused-ring (bicyclic) bond motifs is 1. The Morgan fingerprint density at radius 1 is 1.15 bits per heavy atom. The van der Waals surface area contributed by atoms with E-state index in [4.69, 9.17) is 4.74 Å². The van der Waals surface area contributed by atoms with Crippen molar-refractivity contribution in [2.24, 2.45) is 0 Å². The second-order valence-corrected chi connectivity index (χ2v) is 9.50. The van der Waals surface area contributed by atoms with Crippen molar-refractivity contribution in [3.63, 3.8) is 0 Å². The van der Waals surface area contributed by atoms with E-state index in [1.807, 2.05) is 6.07 Å². The summed E-state index contributed by atoms with van der Waals surface area (Å²) in [5, 5.41) is 12.9. The number of nitrogens with zero attached hydrogens (tertiary/aromatic N) is 4. The largest absolute Gasteiger partial charge is 0.378 e. The van der Waals surface area contributed by atoms with E-state index in [1.165, 1.54) is 28.5 Å². The summed E-state index contributed by atoms with van der Waals surface area (Å²) >= 11 is 1.43. The van der Waals surface area contributed by atoms with Crippen molar-refractivity contribution in [3.05, 3.63) is 65.2 Å². The van der Waals surface area contributed by atoms with Gasteiger partial charge in [-0.3, -0.25) is 9.36 Å². The van der Waals surface area contributed by atoms with Gasteiger partial charge >= 0.3 is 0 Å². The maximum Gasteiger partial charge on any atom is 0.232 e. The molecule has 172 valence electrons. The molecule has 0 spiro atoms. The Balaban J connectivity index is 1.33. The van der Waals surface area contributed by atoms with Gasteiger partial charge in [0.2, 0.25) is 11.9 Å². The zero-order valence-electron chi connectivity index (χ0n) is 18.9. The van der Waals surface area contributed by atoms with Crippen LogP contribution >= 0.6 is 11.8 Å². The van der Waals surface area contributed by atoms with E-state index in [9.17, 15) is 4.79 Å². The summed E-state index contributed by atoms with van der Waals surface area (Å²) in [6.07, 6.45) is 3.16. The predicted octanol–water partition coefficient (Wildman–Crippen LogP) is 3.70. The average Bonchev–Trinajstić information content (AvgIpc) is 3.28. The highest BCUT2D eigenvalue weighted by molar-refractivity contribution is 7.99. The lowest BCUT2D eigenvalue weighted by molar-refractivity contribution is -0.119. The Labute approximate surface area is 198 Å². The van der Waals surface area contributed by atoms with E-state index in [1.54, 1.807) is 0 Å². The Hall–Kier alpha value is -2.84. The van der Waals surface area contributed by atoms with Crippen molar-refractivity contribution in [1.82, 2.24) is 20.1 Å². The zero-order valence-corrected chi connectivity index (χ0v) is 19.7. The second-order valence-electron chi connectivity index (χ2n) is 8.56. The van der Waals surface area contributed by atoms with Gasteiger partial charge in [0.15, 0.2) is 5.16 Å². The molecule has 1 N–H and O–H groups in total. The van der Waals surface area contributed by atoms with Crippen LogP contribution in [-0.4, -0.2) is 52.7 Å². The average molecular weight is 464 g/mol. The highest BCUT2D eigenvalue weighted by atomic mass is 32.2. The number of aryl methyl sites for hydroxylation is 2. The molecular weight excluding hydrogens is 434 g/mol. The Bertz CT molecular complexity index is 1130. The number of anilines is 1. The van der Waals surface area contributed by atoms with Crippen molar-refractivity contribution in [3.8, 4) is 5.69 Å². The molecule has 1 aliphatic heterocycles. The molecule has 2 aliphatic rings. The van der Waals surface area contributed by atoms with Gasteiger partial charge in [-0.15, -0.1) is 10.2 Å². The van der Waals surface area contributed by atoms with Crippen LogP contribution in [-0.2, 0) is 16.0 Å². The monoisotopic (exact) mass is 463 g/mol. The van der Waals surface area contributed by atoms with Crippen LogP contribution in [0.4, 0.5) is 5.95 Å². The molecule has 0 unspecified atom stereocenters. The lowest BCUT2D eigenvalue weighted by Gasteiger charge is -2.28. The van der Waals surface area contributed by atoms with Gasteiger partial charge in [-0.05, 0) is 55.0 Å². The number of nitrogens with one attached hydrogen (secondary N) is 1. The molecule has 1 saturated heterocycles. The molecule has 1 amide bonds. The van der Waals surface area contributed by atoms with Crippen molar-refractivity contribution >= 4 is 23.6 Å². The summed E-state index contributed by atoms with van der Waals surface area (Å²) in [6, 6.07) is 16.8. The first kappa shape index (κ1) is 22.0. The lowest BCUT2D eigenvalue weighted by atomic mass is 9.88. The first-order valence-electron chi connectivity index (χ1n) is 11.5. The van der Waals surface area contributed by atoms with Gasteiger partial charge in [0.25, 0.3) is 0 Å². The molecule has 33 heavy (non-hydrogen) atoms. The highest BCUT2D eigenvalue weighted by Gasteiger charge is 2.24. The van der Waals surface area contributed by atoms with Gasteiger partial charge < -0.3 is 15.0 Å². The van der Waals surface area contributed by atoms with E-state index in [-0.39, 0.29) is 11.9 Å². The predicted molar refractivity (Wildman–Crippen MR) is 130 cm³/mol. The number of hydrogen-bond donors (Lipinski definition) is 1. The SMILES string of the molecule is Cc1cccc(-n2c(SCC(=O)N[C@@H]3CCCc4ccccc43)nnc2N2CCOCC2)c1. The summed E-state index contributed by atoms with van der Waals surface area (Å²) in [5.41, 5.74) is 4.76. The van der Waals surface area contributed by atoms with Crippen molar-refractivity contribution in [2.75, 3.05) is 37.0 Å². The molecule has 2 aromatic carbocycles. The Morgan fingerprint density at radius 2 is 2.00 bits per heavy atom. The minimum atomic E-state index is 0.0217. The van der Waals surface area contributed by atoms with Crippen LogP contribution in [0, 0.1) is 6.92 Å². The number of carbonyl (C=O) groups is 1. The molecule has 1 aromatic heterocycles. The minimum absolute atomic E-state index is 0.0217. The van der Waals surface area contributed by atoms with E-state index in [0.29, 0.717) is 19.0 Å². The van der Waals surface area contributed by atoms with Crippen LogP contribution in [0.2, 0.25) is 0 Å². The number of thioether (sulfide) groups is 1. The third-order valence-electron chi connectivity index (χ3n) is 6.21. The van der Waals surface area contributed by atoms with Crippen molar-refractivity contribution in [2.45, 2.75) is 37.4 Å². The topological polar surface area (TPSA) is 72.3 Å². The van der Waals surface area contributed by atoms with Crippen LogP contribution in [0.3, 0.4) is 0 Å². The summed E-state index contributed by atoms with van der Waals surface area (Å²) in [4.78, 5) is 15.1. The molecule has 5 rings (SSSR count). The van der Waals surface area contributed by atoms with Crippen LogP contribution in [0.5, 0.6) is 0 Å². The molecule has 0 bridgehead atoms. The third kappa shape index (κ3) is 4.91. The normalized spacial score (nSPS) is 18.1. The number of hydrogen-bond acceptors (Lipinski definition) is 6.